The van der Waals surface area contributed by atoms with Gasteiger partial charge in [-0.2, -0.15) is 0 Å². The number of aromatic nitrogens is 2. The maximum absolute atomic E-state index is 8.35. The van der Waals surface area contributed by atoms with Gasteiger partial charge in [0.1, 0.15) is 6.73 Å². The Hall–Kier alpha value is -2.59. The van der Waals surface area contributed by atoms with Crippen LogP contribution in [-0.2, 0) is 6.73 Å². The van der Waals surface area contributed by atoms with Crippen LogP contribution in [0.2, 0.25) is 0 Å². The minimum absolute atomic E-state index is 0.0139. The van der Waals surface area contributed by atoms with Crippen LogP contribution in [0.15, 0.2) is 91.9 Å². The molecular weight excluding hydrogens is 271 g/mol. The molecule has 3 rings (SSSR count). The number of hydrogen-bond donors (Lipinski definition) is 1. The van der Waals surface area contributed by atoms with Crippen molar-refractivity contribution in [1.82, 2.24) is 9.55 Å². The molecule has 110 valence electrons. The van der Waals surface area contributed by atoms with Gasteiger partial charge in [0.05, 0.1) is 6.33 Å². The summed E-state index contributed by atoms with van der Waals surface area (Å²) < 4.78 is 1.57. The minimum atomic E-state index is 0.0139. The highest BCUT2D eigenvalue weighted by molar-refractivity contribution is 6.89. The lowest BCUT2D eigenvalue weighted by Crippen LogP contribution is -2.40. The van der Waals surface area contributed by atoms with Gasteiger partial charge in [-0.05, 0) is 0 Å². The molecule has 1 aromatic heterocycles. The van der Waals surface area contributed by atoms with E-state index in [4.69, 9.17) is 5.11 Å². The first-order valence-electron chi connectivity index (χ1n) is 7.14. The van der Waals surface area contributed by atoms with Gasteiger partial charge in [-0.3, -0.25) is 0 Å². The SMILES string of the molecule is C=CB(c1ccccc1)c1ccccc1.OCn1ccnc1. The molecule has 0 amide bonds. The summed E-state index contributed by atoms with van der Waals surface area (Å²) in [7, 11) is 0. The van der Waals surface area contributed by atoms with Crippen molar-refractivity contribution in [2.45, 2.75) is 6.73 Å². The molecule has 0 fully saturated rings. The van der Waals surface area contributed by atoms with E-state index < -0.39 is 0 Å². The van der Waals surface area contributed by atoms with E-state index in [0.717, 1.165) is 0 Å². The summed E-state index contributed by atoms with van der Waals surface area (Å²) in [5.74, 6) is 1.99. The second-order valence-corrected chi connectivity index (χ2v) is 4.75. The Morgan fingerprint density at radius 3 is 1.86 bits per heavy atom. The first-order chi connectivity index (χ1) is 10.8. The van der Waals surface area contributed by atoms with Crippen molar-refractivity contribution in [3.05, 3.63) is 91.9 Å². The van der Waals surface area contributed by atoms with Crippen LogP contribution >= 0.6 is 0 Å². The average Bonchev–Trinajstić information content (AvgIpc) is 3.12. The van der Waals surface area contributed by atoms with Gasteiger partial charge < -0.3 is 9.67 Å². The quantitative estimate of drug-likeness (QED) is 0.745. The molecule has 1 heterocycles. The van der Waals surface area contributed by atoms with Crippen molar-refractivity contribution >= 4 is 17.6 Å². The lowest BCUT2D eigenvalue weighted by atomic mass is 9.41. The van der Waals surface area contributed by atoms with Gasteiger partial charge in [0.15, 0.2) is 0 Å². The lowest BCUT2D eigenvalue weighted by molar-refractivity contribution is 0.210. The summed E-state index contributed by atoms with van der Waals surface area (Å²) in [5, 5.41) is 8.35. The van der Waals surface area contributed by atoms with E-state index in [-0.39, 0.29) is 6.73 Å². The highest BCUT2D eigenvalue weighted by atomic mass is 16.3. The molecule has 0 aliphatic rings. The molecule has 4 heteroatoms. The van der Waals surface area contributed by atoms with E-state index in [2.05, 4.69) is 60.1 Å². The van der Waals surface area contributed by atoms with Crippen LogP contribution < -0.4 is 10.9 Å². The second-order valence-electron chi connectivity index (χ2n) is 4.75. The van der Waals surface area contributed by atoms with Crippen LogP contribution in [0.1, 0.15) is 0 Å². The van der Waals surface area contributed by atoms with Crippen molar-refractivity contribution < 1.29 is 5.11 Å². The van der Waals surface area contributed by atoms with Crippen LogP contribution in [0.3, 0.4) is 0 Å². The lowest BCUT2D eigenvalue weighted by Gasteiger charge is -2.09. The predicted octanol–water partition coefficient (Wildman–Crippen LogP) is 1.85. The molecule has 0 saturated heterocycles. The van der Waals surface area contributed by atoms with Crippen molar-refractivity contribution in [1.29, 1.82) is 0 Å². The topological polar surface area (TPSA) is 38.0 Å². The van der Waals surface area contributed by atoms with Crippen LogP contribution in [0.25, 0.3) is 0 Å². The molecule has 3 aromatic rings. The second kappa shape index (κ2) is 8.65. The molecule has 0 saturated carbocycles. The number of rotatable bonds is 4. The predicted molar refractivity (Wildman–Crippen MR) is 92.5 cm³/mol. The van der Waals surface area contributed by atoms with Crippen molar-refractivity contribution in [2.75, 3.05) is 0 Å². The maximum Gasteiger partial charge on any atom is 0.233 e. The highest BCUT2D eigenvalue weighted by Crippen LogP contribution is 1.93. The molecule has 0 spiro atoms. The van der Waals surface area contributed by atoms with Gasteiger partial charge in [-0.1, -0.05) is 71.6 Å². The third-order valence-corrected chi connectivity index (χ3v) is 3.28. The summed E-state index contributed by atoms with van der Waals surface area (Å²) in [4.78, 5) is 3.70. The number of nitrogens with zero attached hydrogens (tertiary/aromatic N) is 2. The summed E-state index contributed by atoms with van der Waals surface area (Å²) in [6, 6.07) is 20.9. The molecule has 0 atom stereocenters. The normalized spacial score (nSPS) is 9.50. The van der Waals surface area contributed by atoms with E-state index in [1.54, 1.807) is 23.3 Å². The molecule has 2 aromatic carbocycles. The summed E-state index contributed by atoms with van der Waals surface area (Å²) in [5.41, 5.74) is 2.58. The van der Waals surface area contributed by atoms with Crippen molar-refractivity contribution in [3.8, 4) is 0 Å². The largest absolute Gasteiger partial charge is 0.376 e. The zero-order valence-electron chi connectivity index (χ0n) is 12.4. The fourth-order valence-electron chi connectivity index (χ4n) is 2.16. The van der Waals surface area contributed by atoms with E-state index in [1.165, 1.54) is 10.9 Å². The van der Waals surface area contributed by atoms with E-state index in [0.29, 0.717) is 6.71 Å². The van der Waals surface area contributed by atoms with Crippen molar-refractivity contribution in [2.24, 2.45) is 0 Å². The zero-order valence-corrected chi connectivity index (χ0v) is 12.4. The third-order valence-electron chi connectivity index (χ3n) is 3.28. The molecule has 0 aliphatic carbocycles. The molecule has 0 unspecified atom stereocenters. The smallest absolute Gasteiger partial charge is 0.233 e. The first kappa shape index (κ1) is 15.8. The number of imidazole rings is 1. The number of aliphatic hydroxyl groups excluding tert-OH is 1. The fraction of sp³-hybridized carbons (Fsp3) is 0.0556. The molecule has 0 bridgehead atoms. The fourth-order valence-corrected chi connectivity index (χ4v) is 2.16. The van der Waals surface area contributed by atoms with Gasteiger partial charge >= 0.3 is 0 Å². The summed E-state index contributed by atoms with van der Waals surface area (Å²) in [6.45, 7) is 4.23. The van der Waals surface area contributed by atoms with Gasteiger partial charge in [-0.15, -0.1) is 12.6 Å². The Morgan fingerprint density at radius 1 is 1.00 bits per heavy atom. The molecular formula is C18H19BN2O. The monoisotopic (exact) mass is 290 g/mol. The van der Waals surface area contributed by atoms with Crippen LogP contribution in [0, 0.1) is 0 Å². The molecule has 1 N–H and O–H groups in total. The molecule has 0 radical (unpaired) electrons. The number of aliphatic hydroxyl groups is 1. The average molecular weight is 290 g/mol. The molecule has 3 nitrogen and oxygen atoms in total. The van der Waals surface area contributed by atoms with E-state index >= 15 is 0 Å². The van der Waals surface area contributed by atoms with Crippen LogP contribution in [0.5, 0.6) is 0 Å². The number of hydrogen-bond acceptors (Lipinski definition) is 2. The number of benzene rings is 2. The van der Waals surface area contributed by atoms with E-state index in [9.17, 15) is 0 Å². The minimum Gasteiger partial charge on any atom is -0.376 e. The molecule has 0 aliphatic heterocycles. The van der Waals surface area contributed by atoms with Gasteiger partial charge in [0.2, 0.25) is 6.71 Å². The first-order valence-corrected chi connectivity index (χ1v) is 7.14. The zero-order chi connectivity index (χ0) is 15.6. The Balaban J connectivity index is 0.000000211. The van der Waals surface area contributed by atoms with Crippen LogP contribution in [-0.4, -0.2) is 21.4 Å². The maximum atomic E-state index is 8.35. The van der Waals surface area contributed by atoms with Gasteiger partial charge in [0.25, 0.3) is 0 Å². The summed E-state index contributed by atoms with van der Waals surface area (Å²) in [6.07, 6.45) is 4.87. The Kier molecular flexibility index (Phi) is 6.21. The standard InChI is InChI=1S/C14H13B.C4H6N2O/c1-2-15(13-9-5-3-6-10-13)14-11-7-4-8-12-14;7-4-6-2-1-5-3-6/h2-12H,1H2;1-3,7H,4H2. The third kappa shape index (κ3) is 4.47. The summed E-state index contributed by atoms with van der Waals surface area (Å²) >= 11 is 0. The Morgan fingerprint density at radius 2 is 1.55 bits per heavy atom. The van der Waals surface area contributed by atoms with Crippen molar-refractivity contribution in [3.63, 3.8) is 0 Å². The van der Waals surface area contributed by atoms with E-state index in [1.807, 2.05) is 18.1 Å². The van der Waals surface area contributed by atoms with Crippen LogP contribution in [0.4, 0.5) is 0 Å². The van der Waals surface area contributed by atoms with Gasteiger partial charge in [0, 0.05) is 12.4 Å². The Bertz CT molecular complexity index is 615. The highest BCUT2D eigenvalue weighted by Gasteiger charge is 2.13. The molecule has 22 heavy (non-hydrogen) atoms. The van der Waals surface area contributed by atoms with Gasteiger partial charge in [-0.25, -0.2) is 4.98 Å². The Labute approximate surface area is 131 Å².